The van der Waals surface area contributed by atoms with E-state index in [9.17, 15) is 4.79 Å². The van der Waals surface area contributed by atoms with Crippen LogP contribution in [-0.4, -0.2) is 15.7 Å². The molecule has 2 aromatic carbocycles. The van der Waals surface area contributed by atoms with Gasteiger partial charge in [-0.3, -0.25) is 9.48 Å². The maximum atomic E-state index is 12.8. The smallest absolute Gasteiger partial charge is 0.291 e. The number of hydrogen-bond donors (Lipinski definition) is 1. The highest BCUT2D eigenvalue weighted by Crippen LogP contribution is 2.24. The minimum atomic E-state index is -0.344. The molecule has 2 heterocycles. The van der Waals surface area contributed by atoms with Gasteiger partial charge in [-0.1, -0.05) is 45.7 Å². The van der Waals surface area contributed by atoms with Gasteiger partial charge in [-0.25, -0.2) is 0 Å². The third-order valence-electron chi connectivity index (χ3n) is 4.98. The molecule has 1 N–H and O–H groups in total. The zero-order valence-corrected chi connectivity index (χ0v) is 19.9. The lowest BCUT2D eigenvalue weighted by atomic mass is 10.2. The number of halogens is 2. The maximum absolute atomic E-state index is 12.8. The van der Waals surface area contributed by atoms with E-state index in [0.717, 1.165) is 15.7 Å². The van der Waals surface area contributed by atoms with Crippen LogP contribution in [0, 0.1) is 13.8 Å². The number of ether oxygens (including phenoxy) is 1. The number of hydrogen-bond acceptors (Lipinski definition) is 4. The second-order valence-corrected chi connectivity index (χ2v) is 8.58. The molecule has 0 saturated carbocycles. The van der Waals surface area contributed by atoms with E-state index in [1.54, 1.807) is 12.1 Å². The molecule has 2 aromatic heterocycles. The largest absolute Gasteiger partial charge is 0.486 e. The van der Waals surface area contributed by atoms with Crippen LogP contribution in [0.2, 0.25) is 5.02 Å². The van der Waals surface area contributed by atoms with Crippen molar-refractivity contribution in [3.05, 3.63) is 98.6 Å². The minimum Gasteiger partial charge on any atom is -0.486 e. The molecule has 32 heavy (non-hydrogen) atoms. The maximum Gasteiger partial charge on any atom is 0.291 e. The first kappa shape index (κ1) is 22.2. The van der Waals surface area contributed by atoms with Crippen LogP contribution in [-0.2, 0) is 13.2 Å². The predicted octanol–water partition coefficient (Wildman–Crippen LogP) is 6.39. The average Bonchev–Trinajstić information content (AvgIpc) is 3.35. The normalized spacial score (nSPS) is 10.9. The molecule has 8 heteroatoms. The lowest BCUT2D eigenvalue weighted by Crippen LogP contribution is -2.12. The summed E-state index contributed by atoms with van der Waals surface area (Å²) in [5.74, 6) is 1.13. The number of furan rings is 1. The standard InChI is InChI=1S/C24H21BrClN3O3/c1-15-23(16(2)29(28-15)13-17-5-3-4-6-21(17)26)27-24(30)22-12-11-20(32-22)14-31-19-9-7-18(25)8-10-19/h3-12H,13-14H2,1-2H3,(H,27,30). The van der Waals surface area contributed by atoms with Gasteiger partial charge in [0, 0.05) is 9.50 Å². The van der Waals surface area contributed by atoms with E-state index < -0.39 is 0 Å². The summed E-state index contributed by atoms with van der Waals surface area (Å²) in [6, 6.07) is 18.5. The van der Waals surface area contributed by atoms with Crippen molar-refractivity contribution < 1.29 is 13.9 Å². The van der Waals surface area contributed by atoms with Gasteiger partial charge in [-0.2, -0.15) is 5.10 Å². The molecule has 0 saturated heterocycles. The number of aromatic nitrogens is 2. The Kier molecular flexibility index (Phi) is 6.67. The van der Waals surface area contributed by atoms with Crippen LogP contribution in [0.5, 0.6) is 5.75 Å². The molecular weight excluding hydrogens is 494 g/mol. The first-order valence-electron chi connectivity index (χ1n) is 9.96. The van der Waals surface area contributed by atoms with Crippen molar-refractivity contribution in [3.63, 3.8) is 0 Å². The number of rotatable bonds is 7. The molecule has 0 aliphatic heterocycles. The van der Waals surface area contributed by atoms with Gasteiger partial charge in [0.1, 0.15) is 18.1 Å². The summed E-state index contributed by atoms with van der Waals surface area (Å²) in [5.41, 5.74) is 3.17. The number of aryl methyl sites for hydroxylation is 1. The lowest BCUT2D eigenvalue weighted by molar-refractivity contribution is 0.0992. The topological polar surface area (TPSA) is 69.3 Å². The third kappa shape index (κ3) is 5.06. The summed E-state index contributed by atoms with van der Waals surface area (Å²) in [5, 5.41) is 8.15. The Morgan fingerprint density at radius 1 is 1.12 bits per heavy atom. The van der Waals surface area contributed by atoms with Crippen LogP contribution < -0.4 is 10.1 Å². The molecule has 0 radical (unpaired) electrons. The van der Waals surface area contributed by atoms with Crippen molar-refractivity contribution in [2.24, 2.45) is 0 Å². The number of nitrogens with one attached hydrogen (secondary N) is 1. The van der Waals surface area contributed by atoms with Gasteiger partial charge >= 0.3 is 0 Å². The van der Waals surface area contributed by atoms with Gasteiger partial charge in [0.05, 0.1) is 23.6 Å². The summed E-state index contributed by atoms with van der Waals surface area (Å²) in [4.78, 5) is 12.8. The third-order valence-corrected chi connectivity index (χ3v) is 5.88. The Balaban J connectivity index is 1.42. The molecule has 164 valence electrons. The minimum absolute atomic E-state index is 0.206. The molecule has 0 fully saturated rings. The number of nitrogens with zero attached hydrogens (tertiary/aromatic N) is 2. The molecule has 4 aromatic rings. The molecule has 0 aliphatic carbocycles. The molecule has 0 spiro atoms. The van der Waals surface area contributed by atoms with Crippen molar-refractivity contribution >= 4 is 39.1 Å². The van der Waals surface area contributed by atoms with E-state index in [4.69, 9.17) is 20.8 Å². The van der Waals surface area contributed by atoms with Crippen LogP contribution >= 0.6 is 27.5 Å². The molecule has 0 atom stereocenters. The van der Waals surface area contributed by atoms with Crippen LogP contribution in [0.25, 0.3) is 0 Å². The molecule has 1 amide bonds. The van der Waals surface area contributed by atoms with Crippen molar-refractivity contribution in [2.45, 2.75) is 27.0 Å². The van der Waals surface area contributed by atoms with Crippen molar-refractivity contribution in [2.75, 3.05) is 5.32 Å². The average molecular weight is 515 g/mol. The fourth-order valence-corrected chi connectivity index (χ4v) is 3.72. The summed E-state index contributed by atoms with van der Waals surface area (Å²) < 4.78 is 14.2. The first-order valence-corrected chi connectivity index (χ1v) is 11.1. The van der Waals surface area contributed by atoms with Gasteiger partial charge < -0.3 is 14.5 Å². The van der Waals surface area contributed by atoms with Crippen LogP contribution in [0.4, 0.5) is 5.69 Å². The number of benzene rings is 2. The number of anilines is 1. The Bertz CT molecular complexity index is 1250. The van der Waals surface area contributed by atoms with E-state index in [0.29, 0.717) is 34.5 Å². The summed E-state index contributed by atoms with van der Waals surface area (Å²) in [6.07, 6.45) is 0. The zero-order valence-electron chi connectivity index (χ0n) is 17.6. The zero-order chi connectivity index (χ0) is 22.7. The van der Waals surface area contributed by atoms with E-state index in [-0.39, 0.29) is 18.3 Å². The first-order chi connectivity index (χ1) is 15.4. The molecule has 0 unspecified atom stereocenters. The Morgan fingerprint density at radius 3 is 2.62 bits per heavy atom. The van der Waals surface area contributed by atoms with Gasteiger partial charge in [-0.05, 0) is 61.9 Å². The second kappa shape index (κ2) is 9.63. The number of carbonyl (C=O) groups excluding carboxylic acids is 1. The highest BCUT2D eigenvalue weighted by atomic mass is 79.9. The van der Waals surface area contributed by atoms with Gasteiger partial charge in [0.15, 0.2) is 5.76 Å². The van der Waals surface area contributed by atoms with Crippen molar-refractivity contribution in [1.82, 2.24) is 9.78 Å². The molecule has 6 nitrogen and oxygen atoms in total. The van der Waals surface area contributed by atoms with Gasteiger partial charge in [-0.15, -0.1) is 0 Å². The molecule has 0 bridgehead atoms. The summed E-state index contributed by atoms with van der Waals surface area (Å²) in [7, 11) is 0. The molecule has 0 aliphatic rings. The molecule has 4 rings (SSSR count). The molecular formula is C24H21BrClN3O3. The Morgan fingerprint density at radius 2 is 1.88 bits per heavy atom. The SMILES string of the molecule is Cc1nn(Cc2ccccc2Cl)c(C)c1NC(=O)c1ccc(COc2ccc(Br)cc2)o1. The van der Waals surface area contributed by atoms with Crippen LogP contribution in [0.3, 0.4) is 0 Å². The van der Waals surface area contributed by atoms with E-state index in [1.807, 2.05) is 67.1 Å². The van der Waals surface area contributed by atoms with E-state index in [1.165, 1.54) is 0 Å². The van der Waals surface area contributed by atoms with Gasteiger partial charge in [0.25, 0.3) is 5.91 Å². The quantitative estimate of drug-likeness (QED) is 0.310. The van der Waals surface area contributed by atoms with Crippen LogP contribution in [0.1, 0.15) is 33.3 Å². The number of carbonyl (C=O) groups is 1. The summed E-state index contributed by atoms with van der Waals surface area (Å²) >= 11 is 9.66. The highest BCUT2D eigenvalue weighted by molar-refractivity contribution is 9.10. The van der Waals surface area contributed by atoms with Gasteiger partial charge in [0.2, 0.25) is 0 Å². The second-order valence-electron chi connectivity index (χ2n) is 7.26. The fraction of sp³-hybridized carbons (Fsp3) is 0.167. The van der Waals surface area contributed by atoms with E-state index >= 15 is 0 Å². The Hall–Kier alpha value is -3.03. The highest BCUT2D eigenvalue weighted by Gasteiger charge is 2.18. The fourth-order valence-electron chi connectivity index (χ4n) is 3.26. The monoisotopic (exact) mass is 513 g/mol. The lowest BCUT2D eigenvalue weighted by Gasteiger charge is -2.08. The van der Waals surface area contributed by atoms with Crippen LogP contribution in [0.15, 0.2) is 69.6 Å². The van der Waals surface area contributed by atoms with Crippen molar-refractivity contribution in [1.29, 1.82) is 0 Å². The predicted molar refractivity (Wildman–Crippen MR) is 127 cm³/mol. The summed E-state index contributed by atoms with van der Waals surface area (Å²) in [6.45, 7) is 4.50. The van der Waals surface area contributed by atoms with Crippen molar-refractivity contribution in [3.8, 4) is 5.75 Å². The number of amides is 1. The Labute approximate surface area is 199 Å². The van der Waals surface area contributed by atoms with E-state index in [2.05, 4.69) is 26.3 Å².